The SMILES string of the molecule is COc1cc(C)cc2c1C(=O)c1c(O)cc(O)cc1[C@@H]2[C@@H]1c2cc(C)cc(OC)c2C(=O)c2c(O)c(OC)c(O)c(Cl)c21. The Labute approximate surface area is 251 Å². The first kappa shape index (κ1) is 28.2. The summed E-state index contributed by atoms with van der Waals surface area (Å²) < 4.78 is 16.5. The smallest absolute Gasteiger partial charge is 0.205 e. The van der Waals surface area contributed by atoms with E-state index in [0.717, 1.165) is 17.2 Å². The van der Waals surface area contributed by atoms with Gasteiger partial charge in [0.25, 0.3) is 0 Å². The number of hydrogen-bond acceptors (Lipinski definition) is 9. The molecular weight excluding hydrogens is 576 g/mol. The van der Waals surface area contributed by atoms with Gasteiger partial charge in [-0.05, 0) is 65.4 Å². The molecule has 10 heteroatoms. The molecule has 2 aliphatic carbocycles. The van der Waals surface area contributed by atoms with E-state index in [1.165, 1.54) is 27.4 Å². The number of aryl methyl sites for hydroxylation is 2. The van der Waals surface area contributed by atoms with Crippen molar-refractivity contribution in [2.45, 2.75) is 25.7 Å². The van der Waals surface area contributed by atoms with Crippen LogP contribution in [0.2, 0.25) is 5.02 Å². The van der Waals surface area contributed by atoms with E-state index in [9.17, 15) is 30.0 Å². The van der Waals surface area contributed by atoms with E-state index in [-0.39, 0.29) is 61.4 Å². The molecule has 0 spiro atoms. The lowest BCUT2D eigenvalue weighted by molar-refractivity contribution is 0.101. The molecule has 4 aromatic rings. The number of methoxy groups -OCH3 is 3. The molecule has 0 amide bonds. The third-order valence-corrected chi connectivity index (χ3v) is 8.65. The molecule has 2 aliphatic rings. The van der Waals surface area contributed by atoms with Crippen LogP contribution in [0, 0.1) is 13.8 Å². The lowest BCUT2D eigenvalue weighted by atomic mass is 9.63. The zero-order valence-corrected chi connectivity index (χ0v) is 24.6. The summed E-state index contributed by atoms with van der Waals surface area (Å²) in [5.74, 6) is -4.77. The topological polar surface area (TPSA) is 143 Å². The van der Waals surface area contributed by atoms with Crippen molar-refractivity contribution in [2.24, 2.45) is 0 Å². The fourth-order valence-corrected chi connectivity index (χ4v) is 6.97. The highest BCUT2D eigenvalue weighted by Gasteiger charge is 2.48. The van der Waals surface area contributed by atoms with Crippen molar-refractivity contribution in [3.8, 4) is 40.2 Å². The number of aromatic hydroxyl groups is 4. The highest BCUT2D eigenvalue weighted by molar-refractivity contribution is 6.35. The van der Waals surface area contributed by atoms with Crippen molar-refractivity contribution in [3.63, 3.8) is 0 Å². The number of halogens is 1. The number of fused-ring (bicyclic) bond motifs is 4. The van der Waals surface area contributed by atoms with Crippen molar-refractivity contribution in [1.29, 1.82) is 0 Å². The molecule has 0 aliphatic heterocycles. The Morgan fingerprint density at radius 2 is 1.14 bits per heavy atom. The number of ketones is 2. The largest absolute Gasteiger partial charge is 0.508 e. The molecule has 4 aromatic carbocycles. The van der Waals surface area contributed by atoms with E-state index in [1.807, 2.05) is 13.8 Å². The molecular formula is C33H27ClO9. The van der Waals surface area contributed by atoms with Gasteiger partial charge in [0, 0.05) is 17.9 Å². The normalized spacial score (nSPS) is 16.6. The van der Waals surface area contributed by atoms with Crippen molar-refractivity contribution in [2.75, 3.05) is 21.3 Å². The quantitative estimate of drug-likeness (QED) is 0.226. The van der Waals surface area contributed by atoms with E-state index in [1.54, 1.807) is 24.3 Å². The summed E-state index contributed by atoms with van der Waals surface area (Å²) in [6.07, 6.45) is 0. The Kier molecular flexibility index (Phi) is 6.47. The number of rotatable bonds is 4. The third kappa shape index (κ3) is 3.84. The van der Waals surface area contributed by atoms with E-state index in [4.69, 9.17) is 25.8 Å². The minimum atomic E-state index is -0.954. The van der Waals surface area contributed by atoms with Crippen molar-refractivity contribution >= 4 is 23.2 Å². The molecule has 6 rings (SSSR count). The van der Waals surface area contributed by atoms with Crippen molar-refractivity contribution in [3.05, 3.63) is 97.1 Å². The molecule has 0 radical (unpaired) electrons. The average Bonchev–Trinajstić information content (AvgIpc) is 2.95. The van der Waals surface area contributed by atoms with Gasteiger partial charge >= 0.3 is 0 Å². The van der Waals surface area contributed by atoms with E-state index >= 15 is 0 Å². The van der Waals surface area contributed by atoms with Gasteiger partial charge in [-0.25, -0.2) is 0 Å². The lowest BCUT2D eigenvalue weighted by Gasteiger charge is -2.39. The Morgan fingerprint density at radius 1 is 0.628 bits per heavy atom. The van der Waals surface area contributed by atoms with E-state index < -0.39 is 40.7 Å². The first-order valence-electron chi connectivity index (χ1n) is 13.3. The predicted octanol–water partition coefficient (Wildman–Crippen LogP) is 5.86. The summed E-state index contributed by atoms with van der Waals surface area (Å²) in [7, 11) is 4.08. The molecule has 0 heterocycles. The van der Waals surface area contributed by atoms with Crippen molar-refractivity contribution in [1.82, 2.24) is 0 Å². The average molecular weight is 603 g/mol. The van der Waals surface area contributed by atoms with Gasteiger partial charge in [-0.2, -0.15) is 0 Å². The van der Waals surface area contributed by atoms with Crippen LogP contribution in [0.3, 0.4) is 0 Å². The molecule has 0 bridgehead atoms. The van der Waals surface area contributed by atoms with E-state index in [0.29, 0.717) is 11.1 Å². The fourth-order valence-electron chi connectivity index (χ4n) is 6.67. The number of phenols is 4. The van der Waals surface area contributed by atoms with Crippen LogP contribution in [0.1, 0.15) is 77.1 Å². The first-order valence-corrected chi connectivity index (χ1v) is 13.7. The monoisotopic (exact) mass is 602 g/mol. The Bertz CT molecular complexity index is 1910. The van der Waals surface area contributed by atoms with Gasteiger partial charge in [0.15, 0.2) is 11.5 Å². The van der Waals surface area contributed by atoms with Crippen LogP contribution in [0.25, 0.3) is 0 Å². The maximum atomic E-state index is 14.2. The first-order chi connectivity index (χ1) is 20.4. The zero-order chi connectivity index (χ0) is 31.1. The fraction of sp³-hybridized carbons (Fsp3) is 0.212. The molecule has 0 unspecified atom stereocenters. The summed E-state index contributed by atoms with van der Waals surface area (Å²) in [6.45, 7) is 3.65. The van der Waals surface area contributed by atoms with Gasteiger partial charge in [-0.1, -0.05) is 23.7 Å². The summed E-state index contributed by atoms with van der Waals surface area (Å²) in [5.41, 5.74) is 2.82. The van der Waals surface area contributed by atoms with Gasteiger partial charge in [-0.3, -0.25) is 9.59 Å². The second kappa shape index (κ2) is 9.84. The minimum absolute atomic E-state index is 0.0600. The Morgan fingerprint density at radius 3 is 1.67 bits per heavy atom. The second-order valence-corrected chi connectivity index (χ2v) is 11.1. The maximum absolute atomic E-state index is 14.2. The number of carbonyl (C=O) groups is 2. The van der Waals surface area contributed by atoms with Gasteiger partial charge < -0.3 is 34.6 Å². The molecule has 0 fully saturated rings. The van der Waals surface area contributed by atoms with Crippen LogP contribution >= 0.6 is 11.6 Å². The second-order valence-electron chi connectivity index (χ2n) is 10.7. The number of hydrogen-bond donors (Lipinski definition) is 4. The summed E-state index contributed by atoms with van der Waals surface area (Å²) in [6, 6.07) is 9.43. The molecule has 0 saturated carbocycles. The Balaban J connectivity index is 1.85. The summed E-state index contributed by atoms with van der Waals surface area (Å²) in [5, 5.41) is 43.9. The van der Waals surface area contributed by atoms with Crippen LogP contribution in [-0.4, -0.2) is 53.3 Å². The zero-order valence-electron chi connectivity index (χ0n) is 23.8. The molecule has 43 heavy (non-hydrogen) atoms. The summed E-state index contributed by atoms with van der Waals surface area (Å²) >= 11 is 6.85. The third-order valence-electron chi connectivity index (χ3n) is 8.27. The minimum Gasteiger partial charge on any atom is -0.508 e. The molecule has 0 saturated heterocycles. The standard InChI is InChI=1S/C33H27ClO9/c1-12-6-15-21(17-10-14(35)11-18(36)22(17)29(37)23(15)19(8-12)41-3)25-16-7-13(2)9-20(42-4)24(16)30(38)27-26(25)28(34)32(40)33(43-5)31(27)39/h6-11,21,25,35-36,39-40H,1-5H3/t21-,25+/m1/s1. The highest BCUT2D eigenvalue weighted by atomic mass is 35.5. The van der Waals surface area contributed by atoms with Crippen LogP contribution in [0.4, 0.5) is 0 Å². The van der Waals surface area contributed by atoms with Crippen LogP contribution in [0.5, 0.6) is 40.2 Å². The van der Waals surface area contributed by atoms with Crippen LogP contribution in [0.15, 0.2) is 36.4 Å². The molecule has 220 valence electrons. The molecule has 0 aromatic heterocycles. The number of benzene rings is 4. The maximum Gasteiger partial charge on any atom is 0.205 e. The Hall–Kier alpha value is -4.89. The number of phenolic OH excluding ortho intramolecular Hbond substituents is 4. The van der Waals surface area contributed by atoms with Crippen LogP contribution < -0.4 is 14.2 Å². The van der Waals surface area contributed by atoms with Crippen LogP contribution in [-0.2, 0) is 0 Å². The van der Waals surface area contributed by atoms with Gasteiger partial charge in [-0.15, -0.1) is 0 Å². The van der Waals surface area contributed by atoms with Gasteiger partial charge in [0.2, 0.25) is 17.3 Å². The lowest BCUT2D eigenvalue weighted by Crippen LogP contribution is -2.30. The van der Waals surface area contributed by atoms with E-state index in [2.05, 4.69) is 0 Å². The highest BCUT2D eigenvalue weighted by Crippen LogP contribution is 2.60. The van der Waals surface area contributed by atoms with Crippen molar-refractivity contribution < 1.29 is 44.2 Å². The number of ether oxygens (including phenoxy) is 3. The van der Waals surface area contributed by atoms with Gasteiger partial charge in [0.05, 0.1) is 48.6 Å². The number of carbonyl (C=O) groups excluding carboxylic acids is 2. The molecule has 2 atom stereocenters. The summed E-state index contributed by atoms with van der Waals surface area (Å²) in [4.78, 5) is 28.2. The molecule has 9 nitrogen and oxygen atoms in total. The van der Waals surface area contributed by atoms with Gasteiger partial charge in [0.1, 0.15) is 23.0 Å². The predicted molar refractivity (Wildman–Crippen MR) is 157 cm³/mol. The molecule has 4 N–H and O–H groups in total.